The van der Waals surface area contributed by atoms with E-state index < -0.39 is 0 Å². The number of carbonyl (C=O) groups excluding carboxylic acids is 1. The average molecular weight is 534 g/mol. The molecule has 38 heavy (non-hydrogen) atoms. The molecule has 1 amide bonds. The van der Waals surface area contributed by atoms with Crippen LogP contribution in [0.25, 0.3) is 22.2 Å². The molecule has 1 aliphatic heterocycles. The predicted molar refractivity (Wildman–Crippen MR) is 151 cm³/mol. The minimum atomic E-state index is -0.192. The van der Waals surface area contributed by atoms with E-state index in [0.29, 0.717) is 37.0 Å². The van der Waals surface area contributed by atoms with E-state index >= 15 is 0 Å². The Hall–Kier alpha value is -3.80. The normalized spacial score (nSPS) is 17.4. The zero-order valence-electron chi connectivity index (χ0n) is 21.2. The van der Waals surface area contributed by atoms with Crippen molar-refractivity contribution in [2.75, 3.05) is 32.1 Å². The van der Waals surface area contributed by atoms with Crippen LogP contribution in [-0.4, -0.2) is 64.8 Å². The molecule has 0 aliphatic carbocycles. The molecule has 5 rings (SSSR count). The van der Waals surface area contributed by atoms with Crippen LogP contribution in [0.4, 0.5) is 5.82 Å². The van der Waals surface area contributed by atoms with E-state index in [0.717, 1.165) is 27.7 Å². The first-order valence-electron chi connectivity index (χ1n) is 12.2. The van der Waals surface area contributed by atoms with E-state index in [9.17, 15) is 4.79 Å². The Morgan fingerprint density at radius 1 is 1.16 bits per heavy atom. The number of para-hydroxylation sites is 1. The highest BCUT2D eigenvalue weighted by molar-refractivity contribution is 7.59. The van der Waals surface area contributed by atoms with Crippen molar-refractivity contribution in [1.82, 2.24) is 25.3 Å². The van der Waals surface area contributed by atoms with E-state index in [4.69, 9.17) is 15.2 Å². The SMILES string of the molecule is CNC(=O)c1ccnc2c([C@H](C)CNc3cc(-c4ccc(O[C@@H]5COC[C@H]5N)nc4)ncn3)cccc12.S. The van der Waals surface area contributed by atoms with Crippen molar-refractivity contribution >= 4 is 36.1 Å². The van der Waals surface area contributed by atoms with Gasteiger partial charge >= 0.3 is 0 Å². The van der Waals surface area contributed by atoms with Crippen molar-refractivity contribution in [3.63, 3.8) is 0 Å². The van der Waals surface area contributed by atoms with Crippen LogP contribution in [0.1, 0.15) is 28.8 Å². The lowest BCUT2D eigenvalue weighted by molar-refractivity contribution is 0.0964. The first-order valence-corrected chi connectivity index (χ1v) is 12.2. The van der Waals surface area contributed by atoms with Crippen molar-refractivity contribution in [2.24, 2.45) is 5.73 Å². The molecule has 198 valence electrons. The van der Waals surface area contributed by atoms with Gasteiger partial charge in [-0.05, 0) is 17.7 Å². The number of ether oxygens (including phenoxy) is 2. The zero-order valence-corrected chi connectivity index (χ0v) is 22.2. The maximum absolute atomic E-state index is 12.3. The number of rotatable bonds is 8. The largest absolute Gasteiger partial charge is 0.470 e. The summed E-state index contributed by atoms with van der Waals surface area (Å²) in [5.74, 6) is 1.18. The molecule has 11 heteroatoms. The number of aromatic nitrogens is 4. The minimum Gasteiger partial charge on any atom is -0.470 e. The molecule has 4 aromatic rings. The number of pyridine rings is 2. The van der Waals surface area contributed by atoms with Gasteiger partial charge in [-0.2, -0.15) is 13.5 Å². The predicted octanol–water partition coefficient (Wildman–Crippen LogP) is 2.88. The molecular formula is C27H31N7O3S. The van der Waals surface area contributed by atoms with E-state index in [1.807, 2.05) is 30.3 Å². The number of hydrogen-bond acceptors (Lipinski definition) is 9. The third-order valence-electron chi connectivity index (χ3n) is 6.44. The molecule has 3 aromatic heterocycles. The van der Waals surface area contributed by atoms with Crippen LogP contribution >= 0.6 is 13.5 Å². The second-order valence-corrected chi connectivity index (χ2v) is 8.99. The fourth-order valence-electron chi connectivity index (χ4n) is 4.34. The van der Waals surface area contributed by atoms with Gasteiger partial charge in [-0.15, -0.1) is 0 Å². The summed E-state index contributed by atoms with van der Waals surface area (Å²) >= 11 is 0. The average Bonchev–Trinajstić information content (AvgIpc) is 3.35. The van der Waals surface area contributed by atoms with Gasteiger partial charge < -0.3 is 25.8 Å². The number of nitrogens with zero attached hydrogens (tertiary/aromatic N) is 4. The lowest BCUT2D eigenvalue weighted by Gasteiger charge is -2.16. The van der Waals surface area contributed by atoms with Crippen LogP contribution < -0.4 is 21.1 Å². The summed E-state index contributed by atoms with van der Waals surface area (Å²) in [6.07, 6.45) is 4.73. The Morgan fingerprint density at radius 3 is 2.76 bits per heavy atom. The molecule has 0 spiro atoms. The van der Waals surface area contributed by atoms with Crippen molar-refractivity contribution in [2.45, 2.75) is 25.0 Å². The molecular weight excluding hydrogens is 502 g/mol. The zero-order chi connectivity index (χ0) is 25.8. The Balaban J connectivity index is 0.00000336. The number of nitrogens with two attached hydrogens (primary N) is 1. The lowest BCUT2D eigenvalue weighted by Crippen LogP contribution is -2.37. The summed E-state index contributed by atoms with van der Waals surface area (Å²) in [5.41, 5.74) is 10.1. The van der Waals surface area contributed by atoms with E-state index in [1.54, 1.807) is 31.6 Å². The Bertz CT molecular complexity index is 1400. The van der Waals surface area contributed by atoms with Gasteiger partial charge in [0, 0.05) is 55.0 Å². The maximum Gasteiger partial charge on any atom is 0.251 e. The summed E-state index contributed by atoms with van der Waals surface area (Å²) in [5, 5.41) is 6.92. The highest BCUT2D eigenvalue weighted by atomic mass is 32.1. The molecule has 0 radical (unpaired) electrons. The molecule has 4 heterocycles. The molecule has 1 fully saturated rings. The Morgan fingerprint density at radius 2 is 2.03 bits per heavy atom. The Kier molecular flexibility index (Phi) is 8.72. The number of hydrogen-bond donors (Lipinski definition) is 3. The molecule has 1 aromatic carbocycles. The van der Waals surface area contributed by atoms with Gasteiger partial charge in [0.2, 0.25) is 5.88 Å². The summed E-state index contributed by atoms with van der Waals surface area (Å²) in [7, 11) is 1.63. The lowest BCUT2D eigenvalue weighted by atomic mass is 9.96. The van der Waals surface area contributed by atoms with Crippen molar-refractivity contribution < 1.29 is 14.3 Å². The van der Waals surface area contributed by atoms with Gasteiger partial charge in [0.05, 0.1) is 36.0 Å². The summed E-state index contributed by atoms with van der Waals surface area (Å²) in [4.78, 5) is 30.0. The number of nitrogens with one attached hydrogen (secondary N) is 2. The fourth-order valence-corrected chi connectivity index (χ4v) is 4.34. The standard InChI is InChI=1S/C27H29N7O3.H2S/c1-16(18-4-3-5-19-20(27(35)29-2)8-9-30-26(18)19)11-31-24-10-22(33-15-34-24)17-6-7-25(32-12-17)37-23-14-36-13-21(23)28;/h3-10,12,15-16,21,23H,11,13-14,28H2,1-2H3,(H,29,35)(H,31,33,34);1H2/t16-,21-,23-;/m1./s1. The molecule has 4 N–H and O–H groups in total. The monoisotopic (exact) mass is 533 g/mol. The van der Waals surface area contributed by atoms with Gasteiger partial charge in [0.15, 0.2) is 0 Å². The number of anilines is 1. The smallest absolute Gasteiger partial charge is 0.251 e. The van der Waals surface area contributed by atoms with Crippen LogP contribution in [-0.2, 0) is 4.74 Å². The fraction of sp³-hybridized carbons (Fsp3) is 0.296. The Labute approximate surface area is 227 Å². The summed E-state index contributed by atoms with van der Waals surface area (Å²) < 4.78 is 11.2. The van der Waals surface area contributed by atoms with Crippen molar-refractivity contribution in [3.8, 4) is 17.1 Å². The van der Waals surface area contributed by atoms with E-state index in [1.165, 1.54) is 6.33 Å². The van der Waals surface area contributed by atoms with Gasteiger partial charge in [-0.1, -0.05) is 25.1 Å². The van der Waals surface area contributed by atoms with Crippen molar-refractivity contribution in [3.05, 3.63) is 72.3 Å². The van der Waals surface area contributed by atoms with Crippen LogP contribution in [0.2, 0.25) is 0 Å². The van der Waals surface area contributed by atoms with E-state index in [-0.39, 0.29) is 37.5 Å². The number of fused-ring (bicyclic) bond motifs is 1. The second kappa shape index (κ2) is 12.2. The minimum absolute atomic E-state index is 0. The number of benzene rings is 1. The van der Waals surface area contributed by atoms with Gasteiger partial charge in [0.1, 0.15) is 18.2 Å². The summed E-state index contributed by atoms with van der Waals surface area (Å²) in [6.45, 7) is 3.69. The van der Waals surface area contributed by atoms with E-state index in [2.05, 4.69) is 37.5 Å². The van der Waals surface area contributed by atoms with Crippen LogP contribution in [0, 0.1) is 0 Å². The number of carbonyl (C=O) groups is 1. The van der Waals surface area contributed by atoms with Gasteiger partial charge in [-0.3, -0.25) is 9.78 Å². The molecule has 10 nitrogen and oxygen atoms in total. The molecule has 3 atom stereocenters. The molecule has 0 saturated carbocycles. The van der Waals surface area contributed by atoms with Crippen molar-refractivity contribution in [1.29, 1.82) is 0 Å². The highest BCUT2D eigenvalue weighted by Crippen LogP contribution is 2.27. The first-order chi connectivity index (χ1) is 18.0. The maximum atomic E-state index is 12.3. The molecule has 1 saturated heterocycles. The molecule has 1 aliphatic rings. The van der Waals surface area contributed by atoms with Gasteiger partial charge in [-0.25, -0.2) is 15.0 Å². The number of amides is 1. The van der Waals surface area contributed by atoms with Crippen LogP contribution in [0.15, 0.2) is 61.2 Å². The third-order valence-corrected chi connectivity index (χ3v) is 6.44. The summed E-state index contributed by atoms with van der Waals surface area (Å²) in [6, 6.07) is 13.1. The topological polar surface area (TPSA) is 137 Å². The van der Waals surface area contributed by atoms with Crippen LogP contribution in [0.3, 0.4) is 0 Å². The second-order valence-electron chi connectivity index (χ2n) is 8.99. The third kappa shape index (κ3) is 5.85. The van der Waals surface area contributed by atoms with Gasteiger partial charge in [0.25, 0.3) is 5.91 Å². The molecule has 0 unspecified atom stereocenters. The van der Waals surface area contributed by atoms with Crippen LogP contribution in [0.5, 0.6) is 5.88 Å². The molecule has 0 bridgehead atoms. The highest BCUT2D eigenvalue weighted by Gasteiger charge is 2.27. The first kappa shape index (κ1) is 27.2. The quantitative estimate of drug-likeness (QED) is 0.312.